The molecule has 1 saturated carbocycles. The van der Waals surface area contributed by atoms with E-state index in [2.05, 4.69) is 12.2 Å². The van der Waals surface area contributed by atoms with Crippen LogP contribution in [0.1, 0.15) is 49.9 Å². The largest absolute Gasteiger partial charge is 0.338 e. The van der Waals surface area contributed by atoms with Crippen molar-refractivity contribution >= 4 is 29.3 Å². The molecular weight excluding hydrogens is 308 g/mol. The second kappa shape index (κ2) is 6.56. The zero-order valence-electron chi connectivity index (χ0n) is 14.0. The van der Waals surface area contributed by atoms with E-state index in [1.807, 2.05) is 37.1 Å². The van der Waals surface area contributed by atoms with Gasteiger partial charge < -0.3 is 10.2 Å². The lowest BCUT2D eigenvalue weighted by molar-refractivity contribution is -0.115. The predicted octanol–water partition coefficient (Wildman–Crippen LogP) is 3.77. The van der Waals surface area contributed by atoms with Gasteiger partial charge >= 0.3 is 0 Å². The first-order chi connectivity index (χ1) is 11.0. The highest BCUT2D eigenvalue weighted by Gasteiger charge is 2.29. The molecule has 1 heterocycles. The molecule has 1 aliphatic heterocycles. The van der Waals surface area contributed by atoms with Gasteiger partial charge in [0.25, 0.3) is 5.91 Å². The molecule has 1 N–H and O–H groups in total. The second-order valence-corrected chi connectivity index (χ2v) is 8.09. The van der Waals surface area contributed by atoms with E-state index in [1.165, 1.54) is 19.3 Å². The Bertz CT molecular complexity index is 631. The van der Waals surface area contributed by atoms with Crippen molar-refractivity contribution in [3.63, 3.8) is 0 Å². The van der Waals surface area contributed by atoms with E-state index in [0.717, 1.165) is 17.0 Å². The fourth-order valence-corrected chi connectivity index (χ4v) is 4.50. The van der Waals surface area contributed by atoms with E-state index in [0.29, 0.717) is 17.5 Å². The summed E-state index contributed by atoms with van der Waals surface area (Å²) < 4.78 is 0. The van der Waals surface area contributed by atoms with Crippen molar-refractivity contribution in [2.24, 2.45) is 5.92 Å². The minimum atomic E-state index is -0.0881. The van der Waals surface area contributed by atoms with Crippen LogP contribution < -0.4 is 5.32 Å². The van der Waals surface area contributed by atoms with Crippen LogP contribution in [0.5, 0.6) is 0 Å². The second-order valence-electron chi connectivity index (χ2n) is 6.71. The van der Waals surface area contributed by atoms with Gasteiger partial charge in [-0.1, -0.05) is 19.8 Å². The van der Waals surface area contributed by atoms with Crippen LogP contribution >= 0.6 is 11.8 Å². The van der Waals surface area contributed by atoms with Crippen LogP contribution in [-0.2, 0) is 4.79 Å². The standard InChI is InChI=1S/C18H24N2O2S/c1-11-6-4-5-7-15(11)20(3)18(22)13-8-9-16-14(10-13)19-17(21)12(2)23-16/h8-12,15H,4-7H2,1-3H3,(H,19,21). The molecule has 5 heteroatoms. The van der Waals surface area contributed by atoms with Crippen LogP contribution in [0.25, 0.3) is 0 Å². The Hall–Kier alpha value is -1.49. The quantitative estimate of drug-likeness (QED) is 0.897. The van der Waals surface area contributed by atoms with Crippen LogP contribution in [0.2, 0.25) is 0 Å². The Morgan fingerprint density at radius 1 is 1.26 bits per heavy atom. The number of carbonyl (C=O) groups excluding carboxylic acids is 2. The molecule has 3 atom stereocenters. The summed E-state index contributed by atoms with van der Waals surface area (Å²) in [7, 11) is 1.91. The molecule has 0 spiro atoms. The Kier molecular flexibility index (Phi) is 4.67. The number of thioether (sulfide) groups is 1. The maximum absolute atomic E-state index is 12.8. The SMILES string of the molecule is CC1Sc2ccc(C(=O)N(C)C3CCCCC3C)cc2NC1=O. The summed E-state index contributed by atoms with van der Waals surface area (Å²) in [6.07, 6.45) is 4.73. The molecule has 4 nitrogen and oxygen atoms in total. The van der Waals surface area contributed by atoms with Gasteiger partial charge in [0.05, 0.1) is 10.9 Å². The van der Waals surface area contributed by atoms with E-state index >= 15 is 0 Å². The first-order valence-corrected chi connectivity index (χ1v) is 9.24. The molecule has 1 aromatic carbocycles. The third-order valence-electron chi connectivity index (χ3n) is 5.04. The van der Waals surface area contributed by atoms with E-state index in [-0.39, 0.29) is 17.1 Å². The Balaban J connectivity index is 1.80. The van der Waals surface area contributed by atoms with Crippen molar-refractivity contribution in [3.05, 3.63) is 23.8 Å². The molecule has 0 bridgehead atoms. The predicted molar refractivity (Wildman–Crippen MR) is 93.9 cm³/mol. The third kappa shape index (κ3) is 3.25. The van der Waals surface area contributed by atoms with Crippen LogP contribution in [-0.4, -0.2) is 35.1 Å². The molecule has 1 aromatic rings. The smallest absolute Gasteiger partial charge is 0.253 e. The van der Waals surface area contributed by atoms with E-state index in [4.69, 9.17) is 0 Å². The summed E-state index contributed by atoms with van der Waals surface area (Å²) in [5, 5.41) is 2.81. The van der Waals surface area contributed by atoms with Crippen molar-refractivity contribution in [2.75, 3.05) is 12.4 Å². The molecule has 23 heavy (non-hydrogen) atoms. The molecule has 2 amide bonds. The number of rotatable bonds is 2. The number of benzene rings is 1. The summed E-state index contributed by atoms with van der Waals surface area (Å²) >= 11 is 1.54. The summed E-state index contributed by atoms with van der Waals surface area (Å²) in [6, 6.07) is 5.96. The van der Waals surface area contributed by atoms with Crippen molar-refractivity contribution in [3.8, 4) is 0 Å². The number of nitrogens with one attached hydrogen (secondary N) is 1. The van der Waals surface area contributed by atoms with Crippen LogP contribution in [0.3, 0.4) is 0 Å². The average molecular weight is 332 g/mol. The van der Waals surface area contributed by atoms with E-state index in [9.17, 15) is 9.59 Å². The summed E-state index contributed by atoms with van der Waals surface area (Å²) in [5.41, 5.74) is 1.41. The van der Waals surface area contributed by atoms with Crippen LogP contribution in [0.4, 0.5) is 5.69 Å². The van der Waals surface area contributed by atoms with Crippen molar-refractivity contribution in [2.45, 2.75) is 55.7 Å². The molecular formula is C18H24N2O2S. The monoisotopic (exact) mass is 332 g/mol. The number of nitrogens with zero attached hydrogens (tertiary/aromatic N) is 1. The zero-order chi connectivity index (χ0) is 16.6. The van der Waals surface area contributed by atoms with Gasteiger partial charge in [-0.2, -0.15) is 0 Å². The van der Waals surface area contributed by atoms with Gasteiger partial charge in [-0.25, -0.2) is 0 Å². The normalized spacial score (nSPS) is 27.1. The van der Waals surface area contributed by atoms with Gasteiger partial charge in [-0.15, -0.1) is 11.8 Å². The number of carbonyl (C=O) groups is 2. The maximum atomic E-state index is 12.8. The number of hydrogen-bond acceptors (Lipinski definition) is 3. The summed E-state index contributed by atoms with van der Waals surface area (Å²) in [6.45, 7) is 4.12. The number of hydrogen-bond donors (Lipinski definition) is 1. The first-order valence-electron chi connectivity index (χ1n) is 8.36. The minimum Gasteiger partial charge on any atom is -0.338 e. The van der Waals surface area contributed by atoms with E-state index in [1.54, 1.807) is 11.8 Å². The lowest BCUT2D eigenvalue weighted by Gasteiger charge is -2.36. The van der Waals surface area contributed by atoms with Crippen LogP contribution in [0, 0.1) is 5.92 Å². The molecule has 3 unspecified atom stereocenters. The van der Waals surface area contributed by atoms with E-state index < -0.39 is 0 Å². The molecule has 3 rings (SSSR count). The fraction of sp³-hybridized carbons (Fsp3) is 0.556. The fourth-order valence-electron chi connectivity index (χ4n) is 3.57. The maximum Gasteiger partial charge on any atom is 0.253 e. The molecule has 1 fully saturated rings. The van der Waals surface area contributed by atoms with Gasteiger partial charge in [0.2, 0.25) is 5.91 Å². The zero-order valence-corrected chi connectivity index (χ0v) is 14.8. The van der Waals surface area contributed by atoms with Crippen molar-refractivity contribution < 1.29 is 9.59 Å². The van der Waals surface area contributed by atoms with Gasteiger partial charge in [-0.05, 0) is 43.9 Å². The molecule has 0 saturated heterocycles. The summed E-state index contributed by atoms with van der Waals surface area (Å²) in [5.74, 6) is 0.595. The topological polar surface area (TPSA) is 49.4 Å². The number of amides is 2. The van der Waals surface area contributed by atoms with Gasteiger partial charge in [0, 0.05) is 23.5 Å². The Morgan fingerprint density at radius 3 is 2.74 bits per heavy atom. The lowest BCUT2D eigenvalue weighted by atomic mass is 9.85. The third-order valence-corrected chi connectivity index (χ3v) is 6.22. The van der Waals surface area contributed by atoms with Gasteiger partial charge in [0.1, 0.15) is 0 Å². The molecule has 124 valence electrons. The molecule has 1 aliphatic carbocycles. The molecule has 2 aliphatic rings. The molecule has 0 aromatic heterocycles. The van der Waals surface area contributed by atoms with Crippen molar-refractivity contribution in [1.29, 1.82) is 0 Å². The summed E-state index contributed by atoms with van der Waals surface area (Å²) in [4.78, 5) is 27.6. The molecule has 0 radical (unpaired) electrons. The Morgan fingerprint density at radius 2 is 2.00 bits per heavy atom. The highest BCUT2D eigenvalue weighted by Crippen LogP contribution is 2.36. The number of anilines is 1. The van der Waals surface area contributed by atoms with Gasteiger partial charge in [0.15, 0.2) is 0 Å². The number of fused-ring (bicyclic) bond motifs is 1. The first kappa shape index (κ1) is 16.4. The highest BCUT2D eigenvalue weighted by atomic mass is 32.2. The van der Waals surface area contributed by atoms with Gasteiger partial charge in [-0.3, -0.25) is 9.59 Å². The Labute approximate surface area is 142 Å². The average Bonchev–Trinajstić information content (AvgIpc) is 2.54. The minimum absolute atomic E-state index is 0.00126. The highest BCUT2D eigenvalue weighted by molar-refractivity contribution is 8.00. The van der Waals surface area contributed by atoms with Crippen LogP contribution in [0.15, 0.2) is 23.1 Å². The van der Waals surface area contributed by atoms with Crippen molar-refractivity contribution in [1.82, 2.24) is 4.90 Å². The lowest BCUT2D eigenvalue weighted by Crippen LogP contribution is -2.42.